The lowest BCUT2D eigenvalue weighted by atomic mass is 10.0. The highest BCUT2D eigenvalue weighted by Gasteiger charge is 2.47. The second-order valence-electron chi connectivity index (χ2n) is 4.02. The van der Waals surface area contributed by atoms with E-state index in [2.05, 4.69) is 0 Å². The molecule has 0 saturated carbocycles. The summed E-state index contributed by atoms with van der Waals surface area (Å²) in [6.45, 7) is 12.4. The second-order valence-corrected chi connectivity index (χ2v) is 4.02. The van der Waals surface area contributed by atoms with E-state index in [9.17, 15) is 0 Å². The zero-order chi connectivity index (χ0) is 13.5. The van der Waals surface area contributed by atoms with Crippen molar-refractivity contribution in [1.82, 2.24) is 0 Å². The van der Waals surface area contributed by atoms with Crippen molar-refractivity contribution in [3.63, 3.8) is 0 Å². The van der Waals surface area contributed by atoms with Gasteiger partial charge in [-0.15, -0.1) is 0 Å². The molecule has 2 aliphatic heterocycles. The number of hydrogen-bond donors (Lipinski definition) is 1. The maximum Gasteiger partial charge on any atom is 0.163 e. The molecule has 4 nitrogen and oxygen atoms in total. The fourth-order valence-corrected chi connectivity index (χ4v) is 1.99. The molecule has 2 saturated heterocycles. The Morgan fingerprint density at radius 1 is 1.12 bits per heavy atom. The van der Waals surface area contributed by atoms with Crippen molar-refractivity contribution in [3.05, 3.63) is 0 Å². The van der Waals surface area contributed by atoms with Gasteiger partial charge in [0.2, 0.25) is 0 Å². The van der Waals surface area contributed by atoms with Gasteiger partial charge in [0.1, 0.15) is 12.2 Å². The Morgan fingerprint density at radius 2 is 1.71 bits per heavy atom. The van der Waals surface area contributed by atoms with Gasteiger partial charge in [0.15, 0.2) is 5.79 Å². The van der Waals surface area contributed by atoms with Crippen LogP contribution >= 0.6 is 0 Å². The van der Waals surface area contributed by atoms with Crippen LogP contribution < -0.4 is 0 Å². The zero-order valence-electron chi connectivity index (χ0n) is 12.0. The molecule has 0 aromatic heterocycles. The van der Waals surface area contributed by atoms with Crippen molar-refractivity contribution < 1.29 is 19.3 Å². The topological polar surface area (TPSA) is 47.9 Å². The number of aliphatic hydroxyl groups excluding tert-OH is 1. The quantitative estimate of drug-likeness (QED) is 0.774. The summed E-state index contributed by atoms with van der Waals surface area (Å²) in [5.41, 5.74) is 0. The average Bonchev–Trinajstić information content (AvgIpc) is 2.67. The maximum atomic E-state index is 9.05. The minimum Gasteiger partial charge on any atom is -0.394 e. The third-order valence-corrected chi connectivity index (χ3v) is 2.50. The lowest BCUT2D eigenvalue weighted by Crippen LogP contribution is -2.44. The number of ether oxygens (including phenoxy) is 3. The number of hydrogen-bond acceptors (Lipinski definition) is 4. The fourth-order valence-electron chi connectivity index (χ4n) is 1.99. The van der Waals surface area contributed by atoms with Crippen LogP contribution in [0.4, 0.5) is 0 Å². The Balaban J connectivity index is 0.000000581. The summed E-state index contributed by atoms with van der Waals surface area (Å²) in [5.74, 6) is -0.531. The molecule has 4 heteroatoms. The predicted molar refractivity (Wildman–Crippen MR) is 68.0 cm³/mol. The van der Waals surface area contributed by atoms with Crippen LogP contribution in [0.3, 0.4) is 0 Å². The standard InChI is InChI=1S/C9H16O4.2C2H6/c1-9(2)12-6-3-4-11-7(5-10)8(6)13-9;2*1-2/h6-8,10H,3-5H2,1-2H3;2*1-2H3. The molecule has 0 bridgehead atoms. The van der Waals surface area contributed by atoms with E-state index in [0.29, 0.717) is 6.61 Å². The van der Waals surface area contributed by atoms with E-state index < -0.39 is 5.79 Å². The highest BCUT2D eigenvalue weighted by Crippen LogP contribution is 2.34. The Bertz CT molecular complexity index is 194. The number of aliphatic hydroxyl groups is 1. The van der Waals surface area contributed by atoms with E-state index in [0.717, 1.165) is 6.42 Å². The van der Waals surface area contributed by atoms with Gasteiger partial charge in [-0.2, -0.15) is 0 Å². The molecule has 104 valence electrons. The summed E-state index contributed by atoms with van der Waals surface area (Å²) in [6, 6.07) is 0. The van der Waals surface area contributed by atoms with Crippen molar-refractivity contribution in [2.24, 2.45) is 0 Å². The van der Waals surface area contributed by atoms with Gasteiger partial charge in [-0.25, -0.2) is 0 Å². The highest BCUT2D eigenvalue weighted by atomic mass is 16.8. The molecule has 1 N–H and O–H groups in total. The van der Waals surface area contributed by atoms with E-state index in [1.165, 1.54) is 0 Å². The molecule has 2 aliphatic rings. The summed E-state index contributed by atoms with van der Waals surface area (Å²) >= 11 is 0. The third-order valence-electron chi connectivity index (χ3n) is 2.50. The number of fused-ring (bicyclic) bond motifs is 1. The molecule has 17 heavy (non-hydrogen) atoms. The van der Waals surface area contributed by atoms with Gasteiger partial charge in [-0.3, -0.25) is 0 Å². The Kier molecular flexibility index (Phi) is 7.96. The average molecular weight is 248 g/mol. The lowest BCUT2D eigenvalue weighted by molar-refractivity contribution is -0.157. The third kappa shape index (κ3) is 4.54. The van der Waals surface area contributed by atoms with E-state index in [1.54, 1.807) is 0 Å². The molecule has 0 aliphatic carbocycles. The van der Waals surface area contributed by atoms with Crippen LogP contribution in [0.5, 0.6) is 0 Å². The Morgan fingerprint density at radius 3 is 2.24 bits per heavy atom. The fraction of sp³-hybridized carbons (Fsp3) is 1.00. The van der Waals surface area contributed by atoms with Crippen molar-refractivity contribution in [1.29, 1.82) is 0 Å². The van der Waals surface area contributed by atoms with Gasteiger partial charge < -0.3 is 19.3 Å². The number of rotatable bonds is 1. The van der Waals surface area contributed by atoms with E-state index in [4.69, 9.17) is 19.3 Å². The van der Waals surface area contributed by atoms with Crippen LogP contribution in [0.25, 0.3) is 0 Å². The van der Waals surface area contributed by atoms with Gasteiger partial charge in [0.25, 0.3) is 0 Å². The van der Waals surface area contributed by atoms with E-state index >= 15 is 0 Å². The first-order chi connectivity index (χ1) is 8.12. The Hall–Kier alpha value is -0.160. The molecule has 3 atom stereocenters. The van der Waals surface area contributed by atoms with Gasteiger partial charge in [0, 0.05) is 6.61 Å². The van der Waals surface area contributed by atoms with Crippen molar-refractivity contribution in [3.8, 4) is 0 Å². The summed E-state index contributed by atoms with van der Waals surface area (Å²) in [5, 5.41) is 9.05. The van der Waals surface area contributed by atoms with Crippen LogP contribution in [0.2, 0.25) is 0 Å². The first-order valence-corrected chi connectivity index (χ1v) is 6.70. The first kappa shape index (κ1) is 16.8. The summed E-state index contributed by atoms with van der Waals surface area (Å²) in [6.07, 6.45) is 0.611. The largest absolute Gasteiger partial charge is 0.394 e. The van der Waals surface area contributed by atoms with Gasteiger partial charge in [0.05, 0.1) is 12.7 Å². The normalized spacial score (nSPS) is 33.7. The molecule has 0 aromatic carbocycles. The van der Waals surface area contributed by atoms with Crippen LogP contribution in [0.15, 0.2) is 0 Å². The second kappa shape index (κ2) is 8.03. The van der Waals surface area contributed by atoms with Crippen LogP contribution in [-0.4, -0.2) is 42.4 Å². The van der Waals surface area contributed by atoms with Crippen LogP contribution in [-0.2, 0) is 14.2 Å². The van der Waals surface area contributed by atoms with Crippen LogP contribution in [0, 0.1) is 0 Å². The van der Waals surface area contributed by atoms with Crippen molar-refractivity contribution >= 4 is 0 Å². The zero-order valence-corrected chi connectivity index (χ0v) is 12.0. The minimum absolute atomic E-state index is 0.000602. The molecule has 0 aromatic rings. The molecule has 3 unspecified atom stereocenters. The SMILES string of the molecule is CC.CC.CC1(C)OC2CCOC(CO)C2O1. The molecule has 2 heterocycles. The van der Waals surface area contributed by atoms with Gasteiger partial charge >= 0.3 is 0 Å². The van der Waals surface area contributed by atoms with E-state index in [-0.39, 0.29) is 24.9 Å². The Labute approximate surface area is 105 Å². The summed E-state index contributed by atoms with van der Waals surface area (Å²) in [7, 11) is 0. The first-order valence-electron chi connectivity index (χ1n) is 6.70. The smallest absolute Gasteiger partial charge is 0.163 e. The molecule has 0 radical (unpaired) electrons. The maximum absolute atomic E-state index is 9.05. The molecular weight excluding hydrogens is 220 g/mol. The molecule has 0 amide bonds. The molecule has 2 fully saturated rings. The minimum atomic E-state index is -0.531. The molecular formula is C13H28O4. The van der Waals surface area contributed by atoms with Crippen LogP contribution in [0.1, 0.15) is 48.0 Å². The van der Waals surface area contributed by atoms with Crippen molar-refractivity contribution in [2.45, 2.75) is 72.1 Å². The monoisotopic (exact) mass is 248 g/mol. The summed E-state index contributed by atoms with van der Waals surface area (Å²) in [4.78, 5) is 0. The van der Waals surface area contributed by atoms with Crippen molar-refractivity contribution in [2.75, 3.05) is 13.2 Å². The summed E-state index contributed by atoms with van der Waals surface area (Å²) < 4.78 is 16.7. The molecule has 2 rings (SSSR count). The highest BCUT2D eigenvalue weighted by molar-refractivity contribution is 4.89. The van der Waals surface area contributed by atoms with Gasteiger partial charge in [-0.05, 0) is 20.3 Å². The van der Waals surface area contributed by atoms with Gasteiger partial charge in [-0.1, -0.05) is 27.7 Å². The molecule has 0 spiro atoms. The van der Waals surface area contributed by atoms with E-state index in [1.807, 2.05) is 41.5 Å². The predicted octanol–water partition coefficient (Wildman–Crippen LogP) is 2.34. The lowest BCUT2D eigenvalue weighted by Gasteiger charge is -2.29.